The standard InChI is InChI=1S/C26H30N2O3/c1-3-31-26(30)22-23(27-20-10-6-4-7-11-20)25(29)28(21-12-8-5-9-13-21)24(22)19-16-14-18(2)15-17-19/h4,6-7,10-11,14-17,21,24,27H,3,5,8-9,12-13H2,1-2H3. The Hall–Kier alpha value is -3.08. The van der Waals surface area contributed by atoms with Crippen LogP contribution in [0.1, 0.15) is 56.2 Å². The van der Waals surface area contributed by atoms with E-state index in [4.69, 9.17) is 4.74 Å². The number of ether oxygens (including phenoxy) is 1. The van der Waals surface area contributed by atoms with Gasteiger partial charge in [0.25, 0.3) is 5.91 Å². The number of benzene rings is 2. The number of para-hydroxylation sites is 1. The fourth-order valence-corrected chi connectivity index (χ4v) is 4.66. The van der Waals surface area contributed by atoms with Crippen LogP contribution in [-0.4, -0.2) is 29.4 Å². The van der Waals surface area contributed by atoms with E-state index in [1.807, 2.05) is 66.4 Å². The fourth-order valence-electron chi connectivity index (χ4n) is 4.66. The number of amides is 1. The Bertz CT molecular complexity index is 960. The summed E-state index contributed by atoms with van der Waals surface area (Å²) in [6.45, 7) is 4.09. The molecule has 0 radical (unpaired) electrons. The number of rotatable bonds is 6. The Labute approximate surface area is 184 Å². The van der Waals surface area contributed by atoms with Crippen molar-refractivity contribution in [2.45, 2.75) is 58.0 Å². The molecule has 0 spiro atoms. The molecular formula is C26H30N2O3. The predicted octanol–water partition coefficient (Wildman–Crippen LogP) is 5.14. The second-order valence-electron chi connectivity index (χ2n) is 8.32. The van der Waals surface area contributed by atoms with Gasteiger partial charge in [0, 0.05) is 11.7 Å². The van der Waals surface area contributed by atoms with Crippen LogP contribution >= 0.6 is 0 Å². The maximum Gasteiger partial charge on any atom is 0.338 e. The van der Waals surface area contributed by atoms with E-state index in [1.54, 1.807) is 6.92 Å². The van der Waals surface area contributed by atoms with Gasteiger partial charge in [0.1, 0.15) is 5.70 Å². The van der Waals surface area contributed by atoms with E-state index in [-0.39, 0.29) is 18.6 Å². The number of carbonyl (C=O) groups is 2. The van der Waals surface area contributed by atoms with Crippen LogP contribution in [0.3, 0.4) is 0 Å². The number of hydrogen-bond donors (Lipinski definition) is 1. The van der Waals surface area contributed by atoms with Gasteiger partial charge < -0.3 is 15.0 Å². The maximum absolute atomic E-state index is 13.8. The van der Waals surface area contributed by atoms with Crippen LogP contribution in [0.2, 0.25) is 0 Å². The van der Waals surface area contributed by atoms with Crippen LogP contribution in [0.5, 0.6) is 0 Å². The monoisotopic (exact) mass is 418 g/mol. The van der Waals surface area contributed by atoms with Gasteiger partial charge in [-0.2, -0.15) is 0 Å². The van der Waals surface area contributed by atoms with Crippen LogP contribution in [-0.2, 0) is 14.3 Å². The van der Waals surface area contributed by atoms with Crippen LogP contribution in [0.4, 0.5) is 5.69 Å². The lowest BCUT2D eigenvalue weighted by atomic mass is 9.91. The maximum atomic E-state index is 13.8. The van der Waals surface area contributed by atoms with Gasteiger partial charge >= 0.3 is 5.97 Å². The molecule has 162 valence electrons. The molecule has 1 saturated carbocycles. The minimum atomic E-state index is -0.443. The van der Waals surface area contributed by atoms with Crippen molar-refractivity contribution >= 4 is 17.6 Å². The average Bonchev–Trinajstić information content (AvgIpc) is 3.08. The molecule has 1 atom stereocenters. The van der Waals surface area contributed by atoms with Gasteiger partial charge in [0.15, 0.2) is 0 Å². The SMILES string of the molecule is CCOC(=O)C1=C(Nc2ccccc2)C(=O)N(C2CCCCC2)C1c1ccc(C)cc1. The molecule has 1 amide bonds. The van der Waals surface area contributed by atoms with Crippen LogP contribution in [0, 0.1) is 6.92 Å². The van der Waals surface area contributed by atoms with E-state index in [9.17, 15) is 9.59 Å². The molecule has 0 bridgehead atoms. The second kappa shape index (κ2) is 9.38. The molecule has 4 rings (SSSR count). The van der Waals surface area contributed by atoms with Crippen molar-refractivity contribution in [3.63, 3.8) is 0 Å². The van der Waals surface area contributed by atoms with Crippen LogP contribution in [0.15, 0.2) is 65.9 Å². The molecule has 31 heavy (non-hydrogen) atoms. The molecule has 1 unspecified atom stereocenters. The van der Waals surface area contributed by atoms with Crippen molar-refractivity contribution in [1.29, 1.82) is 0 Å². The summed E-state index contributed by atoms with van der Waals surface area (Å²) < 4.78 is 5.44. The zero-order valence-corrected chi connectivity index (χ0v) is 18.3. The average molecular weight is 419 g/mol. The molecular weight excluding hydrogens is 388 g/mol. The number of hydrogen-bond acceptors (Lipinski definition) is 4. The summed E-state index contributed by atoms with van der Waals surface area (Å²) in [6.07, 6.45) is 5.32. The Morgan fingerprint density at radius 1 is 1.03 bits per heavy atom. The minimum absolute atomic E-state index is 0.118. The summed E-state index contributed by atoms with van der Waals surface area (Å²) in [5, 5.41) is 3.25. The highest BCUT2D eigenvalue weighted by Gasteiger charge is 2.47. The Balaban J connectivity index is 1.83. The van der Waals surface area contributed by atoms with Crippen molar-refractivity contribution in [1.82, 2.24) is 4.90 Å². The summed E-state index contributed by atoms with van der Waals surface area (Å²) in [7, 11) is 0. The van der Waals surface area contributed by atoms with Gasteiger partial charge in [-0.25, -0.2) is 4.79 Å². The number of esters is 1. The van der Waals surface area contributed by atoms with Gasteiger partial charge in [-0.15, -0.1) is 0 Å². The fraction of sp³-hybridized carbons (Fsp3) is 0.385. The van der Waals surface area contributed by atoms with Gasteiger partial charge in [0.2, 0.25) is 0 Å². The molecule has 5 heteroatoms. The van der Waals surface area contributed by atoms with E-state index in [2.05, 4.69) is 5.32 Å². The lowest BCUT2D eigenvalue weighted by Crippen LogP contribution is -2.41. The van der Waals surface area contributed by atoms with Crippen molar-refractivity contribution in [2.24, 2.45) is 0 Å². The number of carbonyl (C=O) groups excluding carboxylic acids is 2. The van der Waals surface area contributed by atoms with E-state index in [1.165, 1.54) is 6.42 Å². The van der Waals surface area contributed by atoms with E-state index >= 15 is 0 Å². The van der Waals surface area contributed by atoms with Crippen LogP contribution < -0.4 is 5.32 Å². The summed E-state index contributed by atoms with van der Waals surface area (Å²) >= 11 is 0. The van der Waals surface area contributed by atoms with Crippen molar-refractivity contribution in [3.8, 4) is 0 Å². The quantitative estimate of drug-likeness (QED) is 0.660. The minimum Gasteiger partial charge on any atom is -0.463 e. The molecule has 0 saturated heterocycles. The summed E-state index contributed by atoms with van der Waals surface area (Å²) in [5.74, 6) is -0.553. The van der Waals surface area contributed by atoms with Gasteiger partial charge in [0.05, 0.1) is 18.2 Å². The predicted molar refractivity (Wildman–Crippen MR) is 121 cm³/mol. The largest absolute Gasteiger partial charge is 0.463 e. The summed E-state index contributed by atoms with van der Waals surface area (Å²) in [6, 6.07) is 17.3. The lowest BCUT2D eigenvalue weighted by Gasteiger charge is -2.36. The second-order valence-corrected chi connectivity index (χ2v) is 8.32. The first-order valence-corrected chi connectivity index (χ1v) is 11.2. The Kier molecular flexibility index (Phi) is 6.40. The van der Waals surface area contributed by atoms with Crippen molar-refractivity contribution < 1.29 is 14.3 Å². The topological polar surface area (TPSA) is 58.6 Å². The molecule has 1 aliphatic heterocycles. The number of nitrogens with one attached hydrogen (secondary N) is 1. The third-order valence-electron chi connectivity index (χ3n) is 6.17. The number of anilines is 1. The van der Waals surface area contributed by atoms with E-state index < -0.39 is 12.0 Å². The summed E-state index contributed by atoms with van der Waals surface area (Å²) in [5.41, 5.74) is 3.60. The van der Waals surface area contributed by atoms with Gasteiger partial charge in [-0.05, 0) is 44.4 Å². The Morgan fingerprint density at radius 2 is 1.71 bits per heavy atom. The zero-order chi connectivity index (χ0) is 21.8. The first-order chi connectivity index (χ1) is 15.1. The highest BCUT2D eigenvalue weighted by molar-refractivity contribution is 6.09. The van der Waals surface area contributed by atoms with Crippen molar-refractivity contribution in [3.05, 3.63) is 77.0 Å². The van der Waals surface area contributed by atoms with E-state index in [0.717, 1.165) is 42.5 Å². The molecule has 1 aliphatic carbocycles. The lowest BCUT2D eigenvalue weighted by molar-refractivity contribution is -0.139. The molecule has 5 nitrogen and oxygen atoms in total. The molecule has 0 aromatic heterocycles. The molecule has 2 aliphatic rings. The molecule has 1 N–H and O–H groups in total. The highest BCUT2D eigenvalue weighted by atomic mass is 16.5. The Morgan fingerprint density at radius 3 is 2.35 bits per heavy atom. The number of aryl methyl sites for hydroxylation is 1. The molecule has 2 aromatic rings. The summed E-state index contributed by atoms with van der Waals surface area (Å²) in [4.78, 5) is 28.9. The van der Waals surface area contributed by atoms with Crippen molar-refractivity contribution in [2.75, 3.05) is 11.9 Å². The first kappa shape index (κ1) is 21.2. The van der Waals surface area contributed by atoms with E-state index in [0.29, 0.717) is 11.3 Å². The third kappa shape index (κ3) is 4.36. The third-order valence-corrected chi connectivity index (χ3v) is 6.17. The van der Waals surface area contributed by atoms with Gasteiger partial charge in [-0.3, -0.25) is 4.79 Å². The smallest absolute Gasteiger partial charge is 0.338 e. The van der Waals surface area contributed by atoms with Crippen LogP contribution in [0.25, 0.3) is 0 Å². The molecule has 2 aromatic carbocycles. The zero-order valence-electron chi connectivity index (χ0n) is 18.3. The van der Waals surface area contributed by atoms with Gasteiger partial charge in [-0.1, -0.05) is 67.3 Å². The normalized spacial score (nSPS) is 19.6. The first-order valence-electron chi connectivity index (χ1n) is 11.2. The molecule has 1 heterocycles. The highest BCUT2D eigenvalue weighted by Crippen LogP contribution is 2.43. The molecule has 1 fully saturated rings. The number of nitrogens with zero attached hydrogens (tertiary/aromatic N) is 1.